The van der Waals surface area contributed by atoms with E-state index in [1.54, 1.807) is 7.05 Å². The molecule has 1 unspecified atom stereocenters. The number of benzene rings is 1. The van der Waals surface area contributed by atoms with E-state index in [4.69, 9.17) is 0 Å². The van der Waals surface area contributed by atoms with E-state index in [2.05, 4.69) is 17.0 Å². The molecule has 1 aliphatic rings. The van der Waals surface area contributed by atoms with Crippen LogP contribution in [0.2, 0.25) is 0 Å². The maximum Gasteiger partial charge on any atom is 0.240 e. The molecule has 20 heavy (non-hydrogen) atoms. The van der Waals surface area contributed by atoms with Gasteiger partial charge in [-0.3, -0.25) is 0 Å². The quantitative estimate of drug-likeness (QED) is 0.808. The second kappa shape index (κ2) is 6.20. The number of sulfonamides is 1. The molecule has 0 spiro atoms. The first-order valence-electron chi connectivity index (χ1n) is 6.86. The summed E-state index contributed by atoms with van der Waals surface area (Å²) in [6.07, 6.45) is 2.37. The predicted octanol–water partition coefficient (Wildman–Crippen LogP) is 1.87. The summed E-state index contributed by atoms with van der Waals surface area (Å²) in [4.78, 5) is 0.118. The lowest BCUT2D eigenvalue weighted by Gasteiger charge is -2.13. The minimum atomic E-state index is -3.56. The van der Waals surface area contributed by atoms with Crippen LogP contribution in [0.3, 0.4) is 0 Å². The lowest BCUT2D eigenvalue weighted by molar-refractivity contribution is 0.491. The van der Waals surface area contributed by atoms with E-state index < -0.39 is 15.8 Å². The molecule has 2 rings (SSSR count). The highest BCUT2D eigenvalue weighted by molar-refractivity contribution is 7.89. The highest BCUT2D eigenvalue weighted by Gasteiger charge is 2.28. The van der Waals surface area contributed by atoms with Gasteiger partial charge < -0.3 is 5.32 Å². The molecule has 0 bridgehead atoms. The van der Waals surface area contributed by atoms with Gasteiger partial charge in [-0.2, -0.15) is 0 Å². The molecule has 1 aromatic carbocycles. The number of rotatable bonds is 7. The summed E-state index contributed by atoms with van der Waals surface area (Å²) in [5.41, 5.74) is 0.352. The molecule has 1 aliphatic carbocycles. The van der Waals surface area contributed by atoms with Crippen LogP contribution in [0, 0.1) is 17.7 Å². The molecular formula is C14H21FN2O2S. The fraction of sp³-hybridized carbons (Fsp3) is 0.571. The van der Waals surface area contributed by atoms with Gasteiger partial charge in [0.2, 0.25) is 10.0 Å². The van der Waals surface area contributed by atoms with Crippen molar-refractivity contribution in [3.8, 4) is 0 Å². The summed E-state index contributed by atoms with van der Waals surface area (Å²) in [5, 5.41) is 2.82. The minimum Gasteiger partial charge on any atom is -0.316 e. The Morgan fingerprint density at radius 1 is 1.40 bits per heavy atom. The number of hydrogen-bond acceptors (Lipinski definition) is 3. The number of hydrogen-bond donors (Lipinski definition) is 2. The SMILES string of the molecule is CNCc1cc(S(=O)(=O)NCC(C)C2CC2)ccc1F. The average molecular weight is 300 g/mol. The van der Waals surface area contributed by atoms with E-state index in [9.17, 15) is 12.8 Å². The molecule has 0 amide bonds. The average Bonchev–Trinajstić information content (AvgIpc) is 3.23. The van der Waals surface area contributed by atoms with Crippen LogP contribution in [-0.4, -0.2) is 22.0 Å². The summed E-state index contributed by atoms with van der Waals surface area (Å²) >= 11 is 0. The zero-order valence-electron chi connectivity index (χ0n) is 11.8. The molecule has 1 saturated carbocycles. The van der Waals surface area contributed by atoms with Crippen molar-refractivity contribution in [3.05, 3.63) is 29.6 Å². The van der Waals surface area contributed by atoms with Crippen LogP contribution in [0.4, 0.5) is 4.39 Å². The van der Waals surface area contributed by atoms with Gasteiger partial charge in [0.25, 0.3) is 0 Å². The molecule has 1 fully saturated rings. The van der Waals surface area contributed by atoms with E-state index in [1.165, 1.54) is 31.0 Å². The fourth-order valence-electron chi connectivity index (χ4n) is 2.20. The summed E-state index contributed by atoms with van der Waals surface area (Å²) in [6, 6.07) is 3.89. The Morgan fingerprint density at radius 2 is 2.10 bits per heavy atom. The Kier molecular flexibility index (Phi) is 4.78. The van der Waals surface area contributed by atoms with Crippen LogP contribution in [0.5, 0.6) is 0 Å². The second-order valence-corrected chi connectivity index (χ2v) is 7.22. The third kappa shape index (κ3) is 3.77. The molecule has 1 atom stereocenters. The van der Waals surface area contributed by atoms with Crippen LogP contribution < -0.4 is 10.0 Å². The van der Waals surface area contributed by atoms with Gasteiger partial charge >= 0.3 is 0 Å². The Bertz CT molecular complexity index is 571. The number of nitrogens with one attached hydrogen (secondary N) is 2. The summed E-state index contributed by atoms with van der Waals surface area (Å²) in [6.45, 7) is 2.79. The Morgan fingerprint density at radius 3 is 2.70 bits per heavy atom. The maximum absolute atomic E-state index is 13.5. The Hall–Kier alpha value is -0.980. The van der Waals surface area contributed by atoms with Crippen LogP contribution in [0.1, 0.15) is 25.3 Å². The normalized spacial score (nSPS) is 17.1. The molecule has 4 nitrogen and oxygen atoms in total. The van der Waals surface area contributed by atoms with Gasteiger partial charge in [-0.05, 0) is 49.9 Å². The van der Waals surface area contributed by atoms with Crippen molar-refractivity contribution < 1.29 is 12.8 Å². The van der Waals surface area contributed by atoms with E-state index in [-0.39, 0.29) is 4.90 Å². The molecule has 0 saturated heterocycles. The Labute approximate surface area is 119 Å². The molecule has 0 heterocycles. The first-order chi connectivity index (χ1) is 9.44. The largest absolute Gasteiger partial charge is 0.316 e. The van der Waals surface area contributed by atoms with Crippen molar-refractivity contribution in [2.45, 2.75) is 31.2 Å². The van der Waals surface area contributed by atoms with Gasteiger partial charge in [-0.1, -0.05) is 6.92 Å². The van der Waals surface area contributed by atoms with Crippen molar-refractivity contribution >= 4 is 10.0 Å². The van der Waals surface area contributed by atoms with Crippen LogP contribution in [-0.2, 0) is 16.6 Å². The maximum atomic E-state index is 13.5. The first kappa shape index (κ1) is 15.4. The predicted molar refractivity (Wildman–Crippen MR) is 76.2 cm³/mol. The van der Waals surface area contributed by atoms with Crippen LogP contribution >= 0.6 is 0 Å². The van der Waals surface area contributed by atoms with Gasteiger partial charge in [0.05, 0.1) is 4.90 Å². The lowest BCUT2D eigenvalue weighted by Crippen LogP contribution is -2.29. The lowest BCUT2D eigenvalue weighted by atomic mass is 10.1. The zero-order chi connectivity index (χ0) is 14.8. The molecular weight excluding hydrogens is 279 g/mol. The van der Waals surface area contributed by atoms with Crippen molar-refractivity contribution in [2.24, 2.45) is 11.8 Å². The number of halogens is 1. The van der Waals surface area contributed by atoms with Gasteiger partial charge in [0, 0.05) is 18.7 Å². The highest BCUT2D eigenvalue weighted by Crippen LogP contribution is 2.36. The van der Waals surface area contributed by atoms with Crippen molar-refractivity contribution in [1.82, 2.24) is 10.0 Å². The first-order valence-corrected chi connectivity index (χ1v) is 8.35. The molecule has 2 N–H and O–H groups in total. The van der Waals surface area contributed by atoms with Gasteiger partial charge in [-0.25, -0.2) is 17.5 Å². The third-order valence-corrected chi connectivity index (χ3v) is 5.14. The summed E-state index contributed by atoms with van der Waals surface area (Å²) < 4.78 is 40.5. The molecule has 0 radical (unpaired) electrons. The molecule has 0 aliphatic heterocycles. The standard InChI is InChI=1S/C14H21FN2O2S/c1-10(11-3-4-11)8-17-20(18,19)13-5-6-14(15)12(7-13)9-16-2/h5-7,10-11,16-17H,3-4,8-9H2,1-2H3. The van der Waals surface area contributed by atoms with Gasteiger partial charge in [0.15, 0.2) is 0 Å². The monoisotopic (exact) mass is 300 g/mol. The zero-order valence-corrected chi connectivity index (χ0v) is 12.6. The van der Waals surface area contributed by atoms with Gasteiger partial charge in [-0.15, -0.1) is 0 Å². The fourth-order valence-corrected chi connectivity index (χ4v) is 3.39. The van der Waals surface area contributed by atoms with E-state index in [0.717, 1.165) is 0 Å². The van der Waals surface area contributed by atoms with Gasteiger partial charge in [0.1, 0.15) is 5.82 Å². The summed E-state index contributed by atoms with van der Waals surface area (Å²) in [5.74, 6) is 0.595. The minimum absolute atomic E-state index is 0.118. The van der Waals surface area contributed by atoms with Crippen molar-refractivity contribution in [3.63, 3.8) is 0 Å². The van der Waals surface area contributed by atoms with E-state index >= 15 is 0 Å². The topological polar surface area (TPSA) is 58.2 Å². The van der Waals surface area contributed by atoms with Crippen LogP contribution in [0.25, 0.3) is 0 Å². The van der Waals surface area contributed by atoms with Crippen molar-refractivity contribution in [1.29, 1.82) is 0 Å². The van der Waals surface area contributed by atoms with E-state index in [0.29, 0.717) is 30.5 Å². The molecule has 112 valence electrons. The smallest absolute Gasteiger partial charge is 0.240 e. The second-order valence-electron chi connectivity index (χ2n) is 5.45. The van der Waals surface area contributed by atoms with Crippen LogP contribution in [0.15, 0.2) is 23.1 Å². The Balaban J connectivity index is 2.09. The molecule has 0 aromatic heterocycles. The highest BCUT2D eigenvalue weighted by atomic mass is 32.2. The molecule has 6 heteroatoms. The van der Waals surface area contributed by atoms with E-state index in [1.807, 2.05) is 0 Å². The molecule has 1 aromatic rings. The summed E-state index contributed by atoms with van der Waals surface area (Å²) in [7, 11) is -1.87. The van der Waals surface area contributed by atoms with Crippen molar-refractivity contribution in [2.75, 3.05) is 13.6 Å². The third-order valence-electron chi connectivity index (χ3n) is 3.72.